The van der Waals surface area contributed by atoms with Gasteiger partial charge in [-0.3, -0.25) is 9.59 Å². The molecule has 3 aromatic rings. The van der Waals surface area contributed by atoms with Crippen molar-refractivity contribution in [2.45, 2.75) is 47.0 Å². The fraction of sp³-hybridized carbons (Fsp3) is 0.500. The van der Waals surface area contributed by atoms with Crippen molar-refractivity contribution in [2.75, 3.05) is 39.3 Å². The largest absolute Gasteiger partial charge is 0.506 e. The summed E-state index contributed by atoms with van der Waals surface area (Å²) >= 11 is 1.15. The molecule has 0 aliphatic carbocycles. The van der Waals surface area contributed by atoms with Crippen LogP contribution in [0.25, 0.3) is 10.2 Å². The highest BCUT2D eigenvalue weighted by atomic mass is 32.1. The predicted octanol–water partition coefficient (Wildman–Crippen LogP) is 3.91. The van der Waals surface area contributed by atoms with Crippen molar-refractivity contribution in [1.82, 2.24) is 14.8 Å². The minimum atomic E-state index is -0.274. The molecule has 2 aromatic carbocycles. The van der Waals surface area contributed by atoms with Crippen LogP contribution in [0.4, 0.5) is 0 Å². The number of amides is 1. The van der Waals surface area contributed by atoms with Crippen molar-refractivity contribution in [3.8, 4) is 5.75 Å². The number of phenols is 1. The number of nitrogens with two attached hydrogens (primary N) is 1. The number of benzene rings is 2. The molecule has 0 radical (unpaired) electrons. The summed E-state index contributed by atoms with van der Waals surface area (Å²) in [4.78, 5) is 30.8. The zero-order chi connectivity index (χ0) is 26.3. The molecule has 0 saturated carbocycles. The van der Waals surface area contributed by atoms with Gasteiger partial charge in [-0.25, -0.2) is 0 Å². The van der Waals surface area contributed by atoms with Crippen molar-refractivity contribution >= 4 is 27.5 Å². The average Bonchev–Trinajstić information content (AvgIpc) is 3.19. The topological polar surface area (TPSA) is 103 Å². The highest BCUT2D eigenvalue weighted by Gasteiger charge is 2.19. The molecule has 1 amide bonds. The molecule has 0 bridgehead atoms. The molecule has 0 aliphatic heterocycles. The van der Waals surface area contributed by atoms with Crippen LogP contribution in [0, 0.1) is 12.3 Å². The van der Waals surface area contributed by atoms with Gasteiger partial charge in [0.15, 0.2) is 0 Å². The van der Waals surface area contributed by atoms with Crippen molar-refractivity contribution in [3.63, 3.8) is 0 Å². The van der Waals surface area contributed by atoms with Crippen LogP contribution in [0.2, 0.25) is 0 Å². The third kappa shape index (κ3) is 8.76. The number of rotatable bonds is 13. The second kappa shape index (κ2) is 12.5. The van der Waals surface area contributed by atoms with Gasteiger partial charge < -0.3 is 25.6 Å². The SMILES string of the molecule is Cc1cccc(CCN(CCC(N)=O)CCN(CCc2ccc(O)c3[nH]c(=O)sc23)CC(C)(C)C)c1. The lowest BCUT2D eigenvalue weighted by atomic mass is 9.95. The van der Waals surface area contributed by atoms with E-state index in [1.165, 1.54) is 11.1 Å². The maximum Gasteiger partial charge on any atom is 0.305 e. The maximum absolute atomic E-state index is 11.9. The van der Waals surface area contributed by atoms with Crippen LogP contribution < -0.4 is 10.6 Å². The van der Waals surface area contributed by atoms with E-state index in [1.807, 2.05) is 6.07 Å². The number of thiazole rings is 1. The molecular weight excluding hydrogens is 472 g/mol. The first-order valence-corrected chi connectivity index (χ1v) is 13.4. The molecule has 1 heterocycles. The molecule has 196 valence electrons. The number of phenolic OH excluding ortho intramolecular Hbond substituents is 1. The van der Waals surface area contributed by atoms with Crippen LogP contribution >= 0.6 is 11.3 Å². The lowest BCUT2D eigenvalue weighted by Gasteiger charge is -2.32. The third-order valence-electron chi connectivity index (χ3n) is 6.24. The van der Waals surface area contributed by atoms with E-state index in [4.69, 9.17) is 5.73 Å². The molecular formula is C28H40N4O3S. The number of aryl methyl sites for hydroxylation is 1. The van der Waals surface area contributed by atoms with Crippen molar-refractivity contribution in [1.29, 1.82) is 0 Å². The first-order valence-electron chi connectivity index (χ1n) is 12.6. The number of aromatic nitrogens is 1. The maximum atomic E-state index is 11.9. The fourth-order valence-electron chi connectivity index (χ4n) is 4.53. The molecule has 36 heavy (non-hydrogen) atoms. The van der Waals surface area contributed by atoms with Crippen molar-refractivity contribution in [3.05, 3.63) is 62.8 Å². The van der Waals surface area contributed by atoms with Crippen LogP contribution in [0.3, 0.4) is 0 Å². The van der Waals surface area contributed by atoms with Gasteiger partial charge in [-0.05, 0) is 42.4 Å². The number of H-pyrrole nitrogens is 1. The Morgan fingerprint density at radius 2 is 1.75 bits per heavy atom. The molecule has 8 heteroatoms. The molecule has 0 fully saturated rings. The summed E-state index contributed by atoms with van der Waals surface area (Å²) in [5.41, 5.74) is 9.73. The zero-order valence-electron chi connectivity index (χ0n) is 22.0. The van der Waals surface area contributed by atoms with Gasteiger partial charge in [0, 0.05) is 45.7 Å². The highest BCUT2D eigenvalue weighted by Crippen LogP contribution is 2.28. The van der Waals surface area contributed by atoms with Gasteiger partial charge in [0.05, 0.1) is 4.70 Å². The minimum Gasteiger partial charge on any atom is -0.506 e. The van der Waals surface area contributed by atoms with Gasteiger partial charge in [-0.15, -0.1) is 0 Å². The van der Waals surface area contributed by atoms with E-state index in [2.05, 4.69) is 66.7 Å². The van der Waals surface area contributed by atoms with E-state index >= 15 is 0 Å². The van der Waals surface area contributed by atoms with Crippen LogP contribution in [-0.4, -0.2) is 65.1 Å². The van der Waals surface area contributed by atoms with E-state index < -0.39 is 0 Å². The quantitative estimate of drug-likeness (QED) is 0.322. The predicted molar refractivity (Wildman–Crippen MR) is 149 cm³/mol. The van der Waals surface area contributed by atoms with Crippen molar-refractivity contribution < 1.29 is 9.90 Å². The van der Waals surface area contributed by atoms with Gasteiger partial charge in [-0.1, -0.05) is 68.0 Å². The number of nitrogens with zero attached hydrogens (tertiary/aromatic N) is 2. The van der Waals surface area contributed by atoms with E-state index in [1.54, 1.807) is 6.07 Å². The summed E-state index contributed by atoms with van der Waals surface area (Å²) in [5.74, 6) is -0.165. The Balaban J connectivity index is 1.67. The molecule has 1 aromatic heterocycles. The monoisotopic (exact) mass is 512 g/mol. The standard InChI is InChI=1S/C28H40N4O3S/c1-20-6-5-7-21(18-20)10-13-31(15-12-24(29)34)16-17-32(19-28(2,3)4)14-11-22-8-9-23(33)25-26(22)36-27(35)30-25/h5-9,18,33H,10-17,19H2,1-4H3,(H2,29,34)(H,30,35). The van der Waals surface area contributed by atoms with E-state index in [0.717, 1.165) is 67.2 Å². The smallest absolute Gasteiger partial charge is 0.305 e. The number of primary amides is 1. The summed E-state index contributed by atoms with van der Waals surface area (Å²) in [6, 6.07) is 12.1. The van der Waals surface area contributed by atoms with E-state index in [0.29, 0.717) is 18.5 Å². The van der Waals surface area contributed by atoms with Crippen molar-refractivity contribution in [2.24, 2.45) is 11.1 Å². The van der Waals surface area contributed by atoms with Gasteiger partial charge in [-0.2, -0.15) is 0 Å². The lowest BCUT2D eigenvalue weighted by molar-refractivity contribution is -0.118. The van der Waals surface area contributed by atoms with E-state index in [-0.39, 0.29) is 21.9 Å². The average molecular weight is 513 g/mol. The summed E-state index contributed by atoms with van der Waals surface area (Å²) in [7, 11) is 0. The number of fused-ring (bicyclic) bond motifs is 1. The first kappa shape index (κ1) is 27.9. The number of aromatic hydroxyl groups is 1. The molecule has 0 spiro atoms. The molecule has 4 N–H and O–H groups in total. The summed E-state index contributed by atoms with van der Waals surface area (Å²) < 4.78 is 0.831. The number of hydrogen-bond donors (Lipinski definition) is 3. The first-order chi connectivity index (χ1) is 17.0. The summed E-state index contributed by atoms with van der Waals surface area (Å²) in [5, 5.41) is 10.1. The van der Waals surface area contributed by atoms with Crippen LogP contribution in [-0.2, 0) is 17.6 Å². The highest BCUT2D eigenvalue weighted by molar-refractivity contribution is 7.16. The Hall–Kier alpha value is -2.68. The number of hydrogen-bond acceptors (Lipinski definition) is 6. The van der Waals surface area contributed by atoms with E-state index in [9.17, 15) is 14.7 Å². The minimum absolute atomic E-state index is 0.109. The number of carbonyl (C=O) groups is 1. The second-order valence-corrected chi connectivity index (χ2v) is 11.8. The Bertz CT molecular complexity index is 1210. The second-order valence-electron chi connectivity index (χ2n) is 10.8. The Morgan fingerprint density at radius 1 is 1.03 bits per heavy atom. The molecule has 0 aliphatic rings. The summed E-state index contributed by atoms with van der Waals surface area (Å²) in [6.45, 7) is 13.8. The number of carbonyl (C=O) groups excluding carboxylic acids is 1. The van der Waals surface area contributed by atoms with Crippen LogP contribution in [0.5, 0.6) is 5.75 Å². The molecule has 0 atom stereocenters. The Kier molecular flexibility index (Phi) is 9.70. The van der Waals surface area contributed by atoms with Crippen LogP contribution in [0.15, 0.2) is 41.2 Å². The van der Waals surface area contributed by atoms with Gasteiger partial charge in [0.25, 0.3) is 0 Å². The third-order valence-corrected chi connectivity index (χ3v) is 7.20. The Labute approximate surface area is 217 Å². The molecule has 3 rings (SSSR count). The number of aromatic amines is 1. The zero-order valence-corrected chi connectivity index (χ0v) is 22.8. The fourth-order valence-corrected chi connectivity index (χ4v) is 5.43. The van der Waals surface area contributed by atoms with Gasteiger partial charge in [0.2, 0.25) is 5.91 Å². The molecule has 7 nitrogen and oxygen atoms in total. The molecule has 0 saturated heterocycles. The van der Waals surface area contributed by atoms with Gasteiger partial charge >= 0.3 is 4.87 Å². The van der Waals surface area contributed by atoms with Crippen LogP contribution in [0.1, 0.15) is 43.9 Å². The summed E-state index contributed by atoms with van der Waals surface area (Å²) in [6.07, 6.45) is 2.06. The molecule has 0 unspecified atom stereocenters. The normalized spacial score (nSPS) is 12.2. The Morgan fingerprint density at radius 3 is 2.44 bits per heavy atom. The van der Waals surface area contributed by atoms with Gasteiger partial charge in [0.1, 0.15) is 11.3 Å². The number of nitrogens with one attached hydrogen (secondary N) is 1. The lowest BCUT2D eigenvalue weighted by Crippen LogP contribution is -2.41.